The van der Waals surface area contributed by atoms with Gasteiger partial charge in [0.1, 0.15) is 0 Å². The topological polar surface area (TPSA) is 72.9 Å². The van der Waals surface area contributed by atoms with Crippen molar-refractivity contribution >= 4 is 5.82 Å². The van der Waals surface area contributed by atoms with Crippen LogP contribution in [0.1, 0.15) is 39.0 Å². The number of nitrogens with one attached hydrogen (secondary N) is 1. The zero-order valence-electron chi connectivity index (χ0n) is 11.6. The van der Waals surface area contributed by atoms with Crippen molar-refractivity contribution in [2.24, 2.45) is 11.7 Å². The molecule has 106 valence electrons. The molecule has 2 unspecified atom stereocenters. The molecule has 19 heavy (non-hydrogen) atoms. The predicted molar refractivity (Wildman–Crippen MR) is 77.2 cm³/mol. The molecule has 0 radical (unpaired) electrons. The molecule has 1 aliphatic rings. The molecule has 5 nitrogen and oxygen atoms in total. The number of anilines is 1. The monoisotopic (exact) mass is 264 g/mol. The molecule has 1 aliphatic carbocycles. The van der Waals surface area contributed by atoms with Gasteiger partial charge in [0.2, 0.25) is 0 Å². The first-order valence-electron chi connectivity index (χ1n) is 7.28. The molecule has 3 N–H and O–H groups in total. The van der Waals surface area contributed by atoms with E-state index in [1.165, 1.54) is 12.8 Å². The lowest BCUT2D eigenvalue weighted by atomic mass is 9.84. The van der Waals surface area contributed by atoms with Crippen LogP contribution >= 0.6 is 0 Å². The molecular formula is C14H24N4O. The smallest absolute Gasteiger partial charge is 0.293 e. The Balaban J connectivity index is 2.13. The molecule has 1 saturated carbocycles. The maximum absolute atomic E-state index is 12.2. The largest absolute Gasteiger partial charge is 0.362 e. The Morgan fingerprint density at radius 1 is 1.47 bits per heavy atom. The second-order valence-corrected chi connectivity index (χ2v) is 5.31. The van der Waals surface area contributed by atoms with E-state index in [9.17, 15) is 4.79 Å². The number of rotatable bonds is 5. The van der Waals surface area contributed by atoms with Crippen LogP contribution < -0.4 is 16.6 Å². The van der Waals surface area contributed by atoms with Gasteiger partial charge < -0.3 is 15.6 Å². The van der Waals surface area contributed by atoms with Crippen LogP contribution in [0.2, 0.25) is 0 Å². The van der Waals surface area contributed by atoms with Crippen molar-refractivity contribution in [1.82, 2.24) is 9.55 Å². The van der Waals surface area contributed by atoms with Crippen molar-refractivity contribution in [3.63, 3.8) is 0 Å². The molecule has 2 rings (SSSR count). The van der Waals surface area contributed by atoms with Gasteiger partial charge >= 0.3 is 0 Å². The lowest BCUT2D eigenvalue weighted by Crippen LogP contribution is -2.39. The minimum Gasteiger partial charge on any atom is -0.362 e. The highest BCUT2D eigenvalue weighted by atomic mass is 16.1. The number of hydrogen-bond acceptors (Lipinski definition) is 4. The van der Waals surface area contributed by atoms with Crippen LogP contribution in [-0.4, -0.2) is 22.1 Å². The Hall–Kier alpha value is -1.36. The standard InChI is InChI=1S/C14H24N4O/c1-2-8-18-9-7-16-13(14(18)19)17-12-6-4-3-5-11(12)10-15/h7,9,11-12H,2-6,8,10,15H2,1H3,(H,16,17). The quantitative estimate of drug-likeness (QED) is 0.847. The Morgan fingerprint density at radius 2 is 2.26 bits per heavy atom. The average molecular weight is 264 g/mol. The van der Waals surface area contributed by atoms with Gasteiger partial charge in [0.15, 0.2) is 5.82 Å². The normalized spacial score (nSPS) is 23.3. The summed E-state index contributed by atoms with van der Waals surface area (Å²) in [5.41, 5.74) is 5.80. The van der Waals surface area contributed by atoms with Gasteiger partial charge in [-0.25, -0.2) is 4.98 Å². The molecule has 1 aromatic rings. The molecule has 0 saturated heterocycles. The van der Waals surface area contributed by atoms with Crippen LogP contribution in [0.15, 0.2) is 17.2 Å². The number of nitrogens with zero attached hydrogens (tertiary/aromatic N) is 2. The van der Waals surface area contributed by atoms with E-state index in [1.807, 2.05) is 0 Å². The molecule has 5 heteroatoms. The van der Waals surface area contributed by atoms with Crippen LogP contribution in [0.4, 0.5) is 5.82 Å². The van der Waals surface area contributed by atoms with Gasteiger partial charge in [-0.1, -0.05) is 19.8 Å². The Labute approximate surface area is 114 Å². The van der Waals surface area contributed by atoms with E-state index in [4.69, 9.17) is 5.73 Å². The molecule has 2 atom stereocenters. The van der Waals surface area contributed by atoms with Crippen LogP contribution in [0.5, 0.6) is 0 Å². The third kappa shape index (κ3) is 3.35. The Bertz CT molecular complexity index is 457. The van der Waals surface area contributed by atoms with Crippen LogP contribution in [0.25, 0.3) is 0 Å². The summed E-state index contributed by atoms with van der Waals surface area (Å²) in [6, 6.07) is 0.288. The SMILES string of the molecule is CCCn1ccnc(NC2CCCCC2CN)c1=O. The predicted octanol–water partition coefficient (Wildman–Crippen LogP) is 1.58. The van der Waals surface area contributed by atoms with Crippen molar-refractivity contribution in [3.05, 3.63) is 22.7 Å². The lowest BCUT2D eigenvalue weighted by molar-refractivity contribution is 0.331. The minimum atomic E-state index is -0.0225. The van der Waals surface area contributed by atoms with Crippen molar-refractivity contribution in [1.29, 1.82) is 0 Å². The molecule has 0 spiro atoms. The summed E-state index contributed by atoms with van der Waals surface area (Å²) in [7, 11) is 0. The molecule has 1 aromatic heterocycles. The van der Waals surface area contributed by atoms with Gasteiger partial charge in [-0.3, -0.25) is 4.79 Å². The first-order valence-corrected chi connectivity index (χ1v) is 7.28. The van der Waals surface area contributed by atoms with E-state index in [0.717, 1.165) is 25.8 Å². The summed E-state index contributed by atoms with van der Waals surface area (Å²) in [4.78, 5) is 16.4. The van der Waals surface area contributed by atoms with Gasteiger partial charge in [0.05, 0.1) is 0 Å². The number of hydrogen-bond donors (Lipinski definition) is 2. The summed E-state index contributed by atoms with van der Waals surface area (Å²) in [6.45, 7) is 3.47. The zero-order valence-corrected chi connectivity index (χ0v) is 11.6. The van der Waals surface area contributed by atoms with Gasteiger partial charge in [0, 0.05) is 25.0 Å². The Morgan fingerprint density at radius 3 is 3.00 bits per heavy atom. The van der Waals surface area contributed by atoms with E-state index in [2.05, 4.69) is 17.2 Å². The van der Waals surface area contributed by atoms with Gasteiger partial charge in [0.25, 0.3) is 5.56 Å². The van der Waals surface area contributed by atoms with E-state index in [1.54, 1.807) is 17.0 Å². The number of aromatic nitrogens is 2. The first kappa shape index (κ1) is 14.1. The Kier molecular flexibility index (Phi) is 4.96. The molecule has 1 fully saturated rings. The third-order valence-corrected chi connectivity index (χ3v) is 3.91. The zero-order chi connectivity index (χ0) is 13.7. The third-order valence-electron chi connectivity index (χ3n) is 3.91. The van der Waals surface area contributed by atoms with Crippen LogP contribution in [0.3, 0.4) is 0 Å². The lowest BCUT2D eigenvalue weighted by Gasteiger charge is -2.31. The molecular weight excluding hydrogens is 240 g/mol. The van der Waals surface area contributed by atoms with E-state index >= 15 is 0 Å². The van der Waals surface area contributed by atoms with Crippen molar-refractivity contribution in [2.75, 3.05) is 11.9 Å². The van der Waals surface area contributed by atoms with Crippen molar-refractivity contribution < 1.29 is 0 Å². The average Bonchev–Trinajstić information content (AvgIpc) is 2.44. The molecule has 0 aliphatic heterocycles. The maximum Gasteiger partial charge on any atom is 0.293 e. The summed E-state index contributed by atoms with van der Waals surface area (Å²) in [5, 5.41) is 3.32. The molecule has 1 heterocycles. The first-order chi connectivity index (χ1) is 9.26. The van der Waals surface area contributed by atoms with Crippen molar-refractivity contribution in [3.8, 4) is 0 Å². The molecule has 0 bridgehead atoms. The van der Waals surface area contributed by atoms with E-state index < -0.39 is 0 Å². The van der Waals surface area contributed by atoms with Crippen molar-refractivity contribution in [2.45, 2.75) is 51.6 Å². The van der Waals surface area contributed by atoms with Gasteiger partial charge in [-0.2, -0.15) is 0 Å². The van der Waals surface area contributed by atoms with E-state index in [0.29, 0.717) is 18.3 Å². The summed E-state index contributed by atoms with van der Waals surface area (Å²) >= 11 is 0. The van der Waals surface area contributed by atoms with E-state index in [-0.39, 0.29) is 11.6 Å². The second-order valence-electron chi connectivity index (χ2n) is 5.31. The van der Waals surface area contributed by atoms with Gasteiger partial charge in [-0.15, -0.1) is 0 Å². The second kappa shape index (κ2) is 6.70. The maximum atomic E-state index is 12.2. The summed E-state index contributed by atoms with van der Waals surface area (Å²) in [5.74, 6) is 0.927. The fraction of sp³-hybridized carbons (Fsp3) is 0.714. The summed E-state index contributed by atoms with van der Waals surface area (Å²) in [6.07, 6.45) is 9.04. The number of aryl methyl sites for hydroxylation is 1. The summed E-state index contributed by atoms with van der Waals surface area (Å²) < 4.78 is 1.72. The fourth-order valence-corrected chi connectivity index (χ4v) is 2.82. The fourth-order valence-electron chi connectivity index (χ4n) is 2.82. The highest BCUT2D eigenvalue weighted by Crippen LogP contribution is 2.25. The van der Waals surface area contributed by atoms with Crippen LogP contribution in [-0.2, 0) is 6.54 Å². The number of nitrogens with two attached hydrogens (primary N) is 1. The molecule has 0 amide bonds. The minimum absolute atomic E-state index is 0.0225. The molecule has 0 aromatic carbocycles. The van der Waals surface area contributed by atoms with Crippen LogP contribution in [0, 0.1) is 5.92 Å². The van der Waals surface area contributed by atoms with Gasteiger partial charge in [-0.05, 0) is 31.7 Å². The highest BCUT2D eigenvalue weighted by molar-refractivity contribution is 5.32. The highest BCUT2D eigenvalue weighted by Gasteiger charge is 2.24.